The molecule has 0 heterocycles. The van der Waals surface area contributed by atoms with Gasteiger partial charge >= 0.3 is 5.97 Å². The number of nitrogens with one attached hydrogen (secondary N) is 1. The lowest BCUT2D eigenvalue weighted by atomic mass is 10.0. The lowest BCUT2D eigenvalue weighted by Gasteiger charge is -2.20. The highest BCUT2D eigenvalue weighted by Crippen LogP contribution is 2.16. The Bertz CT molecular complexity index is 1150. The molecule has 0 saturated heterocycles. The molecule has 0 spiro atoms. The quantitative estimate of drug-likeness (QED) is 0.0321. The van der Waals surface area contributed by atoms with Crippen molar-refractivity contribution >= 4 is 11.9 Å². The van der Waals surface area contributed by atoms with Gasteiger partial charge in [0.25, 0.3) is 0 Å². The first-order valence-corrected chi connectivity index (χ1v) is 29.9. The maximum absolute atomic E-state index is 12.4. The van der Waals surface area contributed by atoms with E-state index in [1.54, 1.807) is 6.08 Å². The van der Waals surface area contributed by atoms with Crippen molar-refractivity contribution in [3.63, 3.8) is 0 Å². The van der Waals surface area contributed by atoms with E-state index in [1.165, 1.54) is 231 Å². The van der Waals surface area contributed by atoms with Gasteiger partial charge in [0.2, 0.25) is 5.91 Å². The lowest BCUT2D eigenvalue weighted by Crippen LogP contribution is -2.45. The summed E-state index contributed by atoms with van der Waals surface area (Å²) < 4.78 is 5.47. The van der Waals surface area contributed by atoms with E-state index in [1.807, 2.05) is 6.08 Å². The minimum absolute atomic E-state index is 0.0000770. The van der Waals surface area contributed by atoms with Gasteiger partial charge in [-0.05, 0) is 89.9 Å². The third-order valence-corrected chi connectivity index (χ3v) is 13.6. The standard InChI is InChI=1S/C62H115NO5/c1-3-5-7-9-11-13-15-16-28-32-36-40-44-48-52-56-62(67)68-57-53-49-45-41-37-33-30-27-25-23-21-19-17-18-20-22-24-26-29-31-35-39-43-47-51-55-61(66)63-59(58-64)60(65)54-50-46-42-38-34-14-12-10-8-6-4-2/h16,18-21,28,50,54,59-60,64-65H,3-15,17,22-27,29-49,51-53,55-58H2,1-2H3,(H,63,66)/b20-18-,21-19-,28-16-,54-50+. The zero-order chi connectivity index (χ0) is 49.3. The van der Waals surface area contributed by atoms with Crippen molar-refractivity contribution in [3.05, 3.63) is 48.6 Å². The van der Waals surface area contributed by atoms with Crippen LogP contribution in [0, 0.1) is 0 Å². The summed E-state index contributed by atoms with van der Waals surface area (Å²) in [6, 6.07) is -0.632. The Kier molecular flexibility index (Phi) is 55.6. The van der Waals surface area contributed by atoms with Crippen LogP contribution in [0.3, 0.4) is 0 Å². The molecule has 0 fully saturated rings. The van der Waals surface area contributed by atoms with Gasteiger partial charge in [-0.2, -0.15) is 0 Å². The van der Waals surface area contributed by atoms with Crippen LogP contribution in [-0.4, -0.2) is 47.4 Å². The SMILES string of the molecule is CCCCCCCC/C=C\CCCCCCCC(=O)OCCCCCCCCCCC/C=C\C/C=C\CCCCCCCCCCCC(=O)NC(CO)C(O)/C=C/CCCCCCCCCCC. The highest BCUT2D eigenvalue weighted by atomic mass is 16.5. The van der Waals surface area contributed by atoms with E-state index in [2.05, 4.69) is 55.6 Å². The molecule has 1 amide bonds. The minimum atomic E-state index is -0.847. The van der Waals surface area contributed by atoms with Crippen LogP contribution in [0.5, 0.6) is 0 Å². The summed E-state index contributed by atoms with van der Waals surface area (Å²) in [4.78, 5) is 24.5. The summed E-state index contributed by atoms with van der Waals surface area (Å²) in [6.45, 7) is 4.88. The number of aliphatic hydroxyl groups excluding tert-OH is 2. The molecule has 0 aromatic rings. The number of unbranched alkanes of at least 4 members (excludes halogenated alkanes) is 38. The summed E-state index contributed by atoms with van der Waals surface area (Å²) in [5.74, 6) is -0.0758. The molecule has 0 radical (unpaired) electrons. The minimum Gasteiger partial charge on any atom is -0.466 e. The summed E-state index contributed by atoms with van der Waals surface area (Å²) in [7, 11) is 0. The van der Waals surface area contributed by atoms with E-state index >= 15 is 0 Å². The second kappa shape index (κ2) is 57.4. The van der Waals surface area contributed by atoms with Crippen LogP contribution in [0.4, 0.5) is 0 Å². The zero-order valence-electron chi connectivity index (χ0n) is 45.3. The Morgan fingerprint density at radius 1 is 0.412 bits per heavy atom. The molecule has 3 N–H and O–H groups in total. The predicted octanol–water partition coefficient (Wildman–Crippen LogP) is 18.6. The number of carbonyl (C=O) groups excluding carboxylic acids is 2. The molecule has 6 heteroatoms. The molecule has 2 atom stereocenters. The van der Waals surface area contributed by atoms with Crippen molar-refractivity contribution in [1.29, 1.82) is 0 Å². The Morgan fingerprint density at radius 3 is 1.13 bits per heavy atom. The molecule has 0 aliphatic heterocycles. The van der Waals surface area contributed by atoms with Crippen molar-refractivity contribution in [2.75, 3.05) is 13.2 Å². The summed E-state index contributed by atoms with van der Waals surface area (Å²) in [6.07, 6.45) is 72.9. The molecule has 398 valence electrons. The van der Waals surface area contributed by atoms with Gasteiger partial charge in [0.1, 0.15) is 0 Å². The van der Waals surface area contributed by atoms with E-state index in [-0.39, 0.29) is 18.5 Å². The summed E-state index contributed by atoms with van der Waals surface area (Å²) in [5, 5.41) is 23.0. The number of esters is 1. The van der Waals surface area contributed by atoms with Crippen LogP contribution in [0.25, 0.3) is 0 Å². The van der Waals surface area contributed by atoms with Gasteiger partial charge in [-0.15, -0.1) is 0 Å². The molecule has 0 saturated carbocycles. The number of ether oxygens (including phenoxy) is 1. The van der Waals surface area contributed by atoms with E-state index < -0.39 is 12.1 Å². The van der Waals surface area contributed by atoms with Gasteiger partial charge in [-0.1, -0.05) is 255 Å². The number of carbonyl (C=O) groups is 2. The van der Waals surface area contributed by atoms with Gasteiger partial charge in [-0.25, -0.2) is 0 Å². The van der Waals surface area contributed by atoms with Gasteiger partial charge in [0, 0.05) is 12.8 Å². The van der Waals surface area contributed by atoms with Crippen LogP contribution < -0.4 is 5.32 Å². The van der Waals surface area contributed by atoms with Crippen LogP contribution in [0.1, 0.15) is 309 Å². The Morgan fingerprint density at radius 2 is 0.735 bits per heavy atom. The number of aliphatic hydroxyl groups is 2. The molecule has 0 aliphatic carbocycles. The molecule has 2 unspecified atom stereocenters. The smallest absolute Gasteiger partial charge is 0.305 e. The van der Waals surface area contributed by atoms with Gasteiger partial charge in [-0.3, -0.25) is 9.59 Å². The molecule has 6 nitrogen and oxygen atoms in total. The first-order chi connectivity index (χ1) is 33.5. The highest BCUT2D eigenvalue weighted by molar-refractivity contribution is 5.76. The number of rotatable bonds is 55. The number of allylic oxidation sites excluding steroid dienone is 7. The van der Waals surface area contributed by atoms with E-state index in [0.29, 0.717) is 19.4 Å². The van der Waals surface area contributed by atoms with Gasteiger partial charge in [0.15, 0.2) is 0 Å². The first-order valence-electron chi connectivity index (χ1n) is 29.9. The van der Waals surface area contributed by atoms with Gasteiger partial charge in [0.05, 0.1) is 25.4 Å². The maximum atomic E-state index is 12.4. The lowest BCUT2D eigenvalue weighted by molar-refractivity contribution is -0.143. The fourth-order valence-corrected chi connectivity index (χ4v) is 8.95. The Balaban J connectivity index is 3.44. The topological polar surface area (TPSA) is 95.9 Å². The van der Waals surface area contributed by atoms with Crippen LogP contribution in [-0.2, 0) is 14.3 Å². The Hall–Kier alpha value is -2.18. The summed E-state index contributed by atoms with van der Waals surface area (Å²) >= 11 is 0. The second-order valence-electron chi connectivity index (χ2n) is 20.3. The van der Waals surface area contributed by atoms with Crippen molar-refractivity contribution in [2.24, 2.45) is 0 Å². The maximum Gasteiger partial charge on any atom is 0.305 e. The van der Waals surface area contributed by atoms with Crippen molar-refractivity contribution in [1.82, 2.24) is 5.32 Å². The van der Waals surface area contributed by atoms with Crippen LogP contribution in [0.15, 0.2) is 48.6 Å². The van der Waals surface area contributed by atoms with Gasteiger partial charge < -0.3 is 20.3 Å². The third kappa shape index (κ3) is 53.2. The second-order valence-corrected chi connectivity index (χ2v) is 20.3. The average Bonchev–Trinajstić information content (AvgIpc) is 3.34. The third-order valence-electron chi connectivity index (χ3n) is 13.6. The molecule has 0 rings (SSSR count). The highest BCUT2D eigenvalue weighted by Gasteiger charge is 2.18. The number of amides is 1. The molecule has 0 bridgehead atoms. The van der Waals surface area contributed by atoms with Crippen LogP contribution in [0.2, 0.25) is 0 Å². The van der Waals surface area contributed by atoms with E-state index in [9.17, 15) is 19.8 Å². The first kappa shape index (κ1) is 65.8. The molecular weight excluding hydrogens is 839 g/mol. The number of hydrogen-bond acceptors (Lipinski definition) is 5. The monoisotopic (exact) mass is 954 g/mol. The molecule has 0 aromatic heterocycles. The molecule has 0 aliphatic rings. The van der Waals surface area contributed by atoms with Crippen molar-refractivity contribution in [2.45, 2.75) is 321 Å². The van der Waals surface area contributed by atoms with Crippen molar-refractivity contribution < 1.29 is 24.5 Å². The fourth-order valence-electron chi connectivity index (χ4n) is 8.95. The average molecular weight is 955 g/mol. The normalized spacial score (nSPS) is 12.9. The van der Waals surface area contributed by atoms with Crippen LogP contribution >= 0.6 is 0 Å². The predicted molar refractivity (Wildman–Crippen MR) is 296 cm³/mol. The summed E-state index contributed by atoms with van der Waals surface area (Å²) in [5.41, 5.74) is 0. The zero-order valence-corrected chi connectivity index (χ0v) is 45.3. The molecule has 0 aromatic carbocycles. The Labute approximate surface area is 423 Å². The number of hydrogen-bond donors (Lipinski definition) is 3. The fraction of sp³-hybridized carbons (Fsp3) is 0.839. The van der Waals surface area contributed by atoms with E-state index in [4.69, 9.17) is 4.74 Å². The largest absolute Gasteiger partial charge is 0.466 e. The molecular formula is C62H115NO5. The van der Waals surface area contributed by atoms with Crippen molar-refractivity contribution in [3.8, 4) is 0 Å². The molecule has 68 heavy (non-hydrogen) atoms. The van der Waals surface area contributed by atoms with E-state index in [0.717, 1.165) is 51.4 Å².